The molecule has 3 heterocycles. The smallest absolute Gasteiger partial charge is 0.296 e. The van der Waals surface area contributed by atoms with Crippen molar-refractivity contribution in [1.82, 2.24) is 9.88 Å². The molecule has 2 aliphatic rings. The molecule has 2 aliphatic heterocycles. The van der Waals surface area contributed by atoms with Crippen LogP contribution in [0.15, 0.2) is 103 Å². The minimum atomic E-state index is -0.873. The lowest BCUT2D eigenvalue weighted by Gasteiger charge is -2.25. The number of Topliss-reactive ketones (excluding diaryl/α,β-unsaturated/α-hetero) is 1. The van der Waals surface area contributed by atoms with Crippen LogP contribution in [0.25, 0.3) is 5.76 Å². The van der Waals surface area contributed by atoms with Crippen LogP contribution in [0.4, 0.5) is 0 Å². The number of amides is 1. The fraction of sp³-hybridized carbons (Fsp3) is 0.100. The summed E-state index contributed by atoms with van der Waals surface area (Å²) >= 11 is 0. The summed E-state index contributed by atoms with van der Waals surface area (Å²) in [5.74, 6) is 0.358. The normalized spacial score (nSPS) is 17.6. The van der Waals surface area contributed by atoms with Crippen LogP contribution >= 0.6 is 0 Å². The zero-order valence-corrected chi connectivity index (χ0v) is 20.1. The highest BCUT2D eigenvalue weighted by Crippen LogP contribution is 2.42. The monoisotopic (exact) mass is 506 g/mol. The van der Waals surface area contributed by atoms with Crippen molar-refractivity contribution >= 4 is 17.4 Å². The van der Waals surface area contributed by atoms with E-state index in [0.29, 0.717) is 39.8 Å². The van der Waals surface area contributed by atoms with Gasteiger partial charge in [0.1, 0.15) is 17.3 Å². The molecule has 1 fully saturated rings. The number of hydrogen-bond donors (Lipinski definition) is 1. The molecule has 8 heteroatoms. The standard InChI is InChI=1S/C30H22N2O6/c33-28(20-12-13-24-25(16-20)37-18-36-24)26-27(32(30(35)29(26)34)17-21-8-4-5-14-31-21)19-7-6-11-23(15-19)38-22-9-2-1-3-10-22/h1-16,27,33H,17-18H2/b28-26-. The van der Waals surface area contributed by atoms with Gasteiger partial charge in [0.15, 0.2) is 11.5 Å². The Balaban J connectivity index is 1.45. The molecule has 1 saturated heterocycles. The number of fused-ring (bicyclic) bond motifs is 1. The van der Waals surface area contributed by atoms with E-state index in [4.69, 9.17) is 14.2 Å². The van der Waals surface area contributed by atoms with Crippen LogP contribution in [0.5, 0.6) is 23.0 Å². The minimum Gasteiger partial charge on any atom is -0.507 e. The van der Waals surface area contributed by atoms with Gasteiger partial charge in [0.25, 0.3) is 11.7 Å². The highest BCUT2D eigenvalue weighted by Gasteiger charge is 2.46. The maximum atomic E-state index is 13.4. The van der Waals surface area contributed by atoms with E-state index in [2.05, 4.69) is 4.98 Å². The molecule has 1 unspecified atom stereocenters. The second-order valence-corrected chi connectivity index (χ2v) is 8.80. The SMILES string of the molecule is O=C1C(=O)N(Cc2ccccn2)C(c2cccc(Oc3ccccc3)c2)/C1=C(/O)c1ccc2c(c1)OCO2. The predicted molar refractivity (Wildman–Crippen MR) is 138 cm³/mol. The Kier molecular flexibility index (Phi) is 5.97. The number of pyridine rings is 1. The van der Waals surface area contributed by atoms with E-state index in [1.807, 2.05) is 36.4 Å². The summed E-state index contributed by atoms with van der Waals surface area (Å²) in [6.45, 7) is 0.153. The van der Waals surface area contributed by atoms with Crippen molar-refractivity contribution in [1.29, 1.82) is 0 Å². The van der Waals surface area contributed by atoms with Gasteiger partial charge in [0.2, 0.25) is 6.79 Å². The van der Waals surface area contributed by atoms with Crippen molar-refractivity contribution in [3.63, 3.8) is 0 Å². The van der Waals surface area contributed by atoms with Crippen LogP contribution < -0.4 is 14.2 Å². The third-order valence-electron chi connectivity index (χ3n) is 6.40. The lowest BCUT2D eigenvalue weighted by molar-refractivity contribution is -0.140. The van der Waals surface area contributed by atoms with E-state index >= 15 is 0 Å². The average Bonchev–Trinajstić information content (AvgIpc) is 3.52. The van der Waals surface area contributed by atoms with Crippen molar-refractivity contribution in [3.05, 3.63) is 120 Å². The van der Waals surface area contributed by atoms with Crippen molar-refractivity contribution in [3.8, 4) is 23.0 Å². The summed E-state index contributed by atoms with van der Waals surface area (Å²) in [6, 6.07) is 25.8. The van der Waals surface area contributed by atoms with Gasteiger partial charge in [-0.1, -0.05) is 36.4 Å². The summed E-state index contributed by atoms with van der Waals surface area (Å²) in [7, 11) is 0. The molecule has 0 radical (unpaired) electrons. The number of benzene rings is 3. The Morgan fingerprint density at radius 2 is 1.68 bits per heavy atom. The van der Waals surface area contributed by atoms with Crippen molar-refractivity contribution in [2.75, 3.05) is 6.79 Å². The highest BCUT2D eigenvalue weighted by molar-refractivity contribution is 6.46. The Bertz CT molecular complexity index is 1550. The molecule has 8 nitrogen and oxygen atoms in total. The first-order chi connectivity index (χ1) is 18.6. The summed E-state index contributed by atoms with van der Waals surface area (Å²) in [5, 5.41) is 11.4. The molecule has 4 aromatic rings. The molecule has 1 aromatic heterocycles. The molecule has 0 saturated carbocycles. The van der Waals surface area contributed by atoms with Gasteiger partial charge in [-0.2, -0.15) is 0 Å². The average molecular weight is 507 g/mol. The topological polar surface area (TPSA) is 98.2 Å². The molecular weight excluding hydrogens is 484 g/mol. The summed E-state index contributed by atoms with van der Waals surface area (Å²) < 4.78 is 16.8. The molecule has 0 bridgehead atoms. The van der Waals surface area contributed by atoms with Crippen LogP contribution in [0, 0.1) is 0 Å². The van der Waals surface area contributed by atoms with Gasteiger partial charge in [-0.3, -0.25) is 14.6 Å². The Hall–Kier alpha value is -5.11. The van der Waals surface area contributed by atoms with Gasteiger partial charge in [-0.15, -0.1) is 0 Å². The number of nitrogens with zero attached hydrogens (tertiary/aromatic N) is 2. The molecule has 38 heavy (non-hydrogen) atoms. The van der Waals surface area contributed by atoms with Gasteiger partial charge in [0, 0.05) is 11.8 Å². The number of likely N-dealkylation sites (tertiary alicyclic amines) is 1. The molecule has 1 atom stereocenters. The number of aliphatic hydroxyl groups is 1. The largest absolute Gasteiger partial charge is 0.507 e. The van der Waals surface area contributed by atoms with Gasteiger partial charge < -0.3 is 24.2 Å². The number of carbonyl (C=O) groups is 2. The van der Waals surface area contributed by atoms with E-state index < -0.39 is 17.7 Å². The second kappa shape index (κ2) is 9.74. The first kappa shape index (κ1) is 23.3. The maximum absolute atomic E-state index is 13.4. The number of ketones is 1. The lowest BCUT2D eigenvalue weighted by Crippen LogP contribution is -2.29. The number of rotatable bonds is 6. The molecule has 1 amide bonds. The summed E-state index contributed by atoms with van der Waals surface area (Å²) in [5.41, 5.74) is 1.53. The molecule has 3 aromatic carbocycles. The summed E-state index contributed by atoms with van der Waals surface area (Å²) in [4.78, 5) is 32.5. The zero-order chi connectivity index (χ0) is 26.1. The first-order valence-corrected chi connectivity index (χ1v) is 12.0. The summed E-state index contributed by atoms with van der Waals surface area (Å²) in [6.07, 6.45) is 1.63. The first-order valence-electron chi connectivity index (χ1n) is 12.0. The van der Waals surface area contributed by atoms with E-state index in [9.17, 15) is 14.7 Å². The fourth-order valence-corrected chi connectivity index (χ4v) is 4.63. The van der Waals surface area contributed by atoms with Gasteiger partial charge >= 0.3 is 0 Å². The van der Waals surface area contributed by atoms with Crippen LogP contribution in [0.1, 0.15) is 22.9 Å². The number of para-hydroxylation sites is 1. The van der Waals surface area contributed by atoms with Gasteiger partial charge in [-0.25, -0.2) is 0 Å². The minimum absolute atomic E-state index is 0.0262. The van der Waals surface area contributed by atoms with Crippen LogP contribution in [-0.2, 0) is 16.1 Å². The molecule has 0 aliphatic carbocycles. The predicted octanol–water partition coefficient (Wildman–Crippen LogP) is 5.22. The Labute approximate surface area is 218 Å². The third kappa shape index (κ3) is 4.32. The quantitative estimate of drug-likeness (QED) is 0.217. The number of aliphatic hydroxyl groups excluding tert-OH is 1. The van der Waals surface area contributed by atoms with Crippen molar-refractivity contribution < 1.29 is 28.9 Å². The van der Waals surface area contributed by atoms with Gasteiger partial charge in [-0.05, 0) is 60.2 Å². The number of hydrogen-bond acceptors (Lipinski definition) is 7. The fourth-order valence-electron chi connectivity index (χ4n) is 4.63. The van der Waals surface area contributed by atoms with Gasteiger partial charge in [0.05, 0.1) is 23.9 Å². The van der Waals surface area contributed by atoms with Crippen LogP contribution in [0.3, 0.4) is 0 Å². The molecule has 6 rings (SSSR count). The maximum Gasteiger partial charge on any atom is 0.296 e. The van der Waals surface area contributed by atoms with E-state index in [1.165, 1.54) is 4.90 Å². The zero-order valence-electron chi connectivity index (χ0n) is 20.1. The van der Waals surface area contributed by atoms with Crippen molar-refractivity contribution in [2.24, 2.45) is 0 Å². The number of aromatic nitrogens is 1. The number of carbonyl (C=O) groups excluding carboxylic acids is 2. The Morgan fingerprint density at radius 1 is 0.895 bits per heavy atom. The lowest BCUT2D eigenvalue weighted by atomic mass is 9.95. The van der Waals surface area contributed by atoms with E-state index in [0.717, 1.165) is 0 Å². The number of ether oxygens (including phenoxy) is 3. The van der Waals surface area contributed by atoms with Crippen LogP contribution in [0.2, 0.25) is 0 Å². The highest BCUT2D eigenvalue weighted by atomic mass is 16.7. The molecule has 1 N–H and O–H groups in total. The molecule has 188 valence electrons. The molecular formula is C30H22N2O6. The third-order valence-corrected chi connectivity index (χ3v) is 6.40. The Morgan fingerprint density at radius 3 is 2.50 bits per heavy atom. The molecule has 0 spiro atoms. The van der Waals surface area contributed by atoms with E-state index in [1.54, 1.807) is 60.8 Å². The van der Waals surface area contributed by atoms with E-state index in [-0.39, 0.29) is 24.7 Å². The second-order valence-electron chi connectivity index (χ2n) is 8.80. The van der Waals surface area contributed by atoms with Crippen LogP contribution in [-0.4, -0.2) is 33.5 Å². The van der Waals surface area contributed by atoms with Crippen molar-refractivity contribution in [2.45, 2.75) is 12.6 Å².